The smallest absolute Gasteiger partial charge is 0.253 e. The molecule has 0 bridgehead atoms. The molecule has 0 fully saturated rings. The number of pyridine rings is 1. The predicted molar refractivity (Wildman–Crippen MR) is 83.9 cm³/mol. The van der Waals surface area contributed by atoms with Crippen molar-refractivity contribution < 1.29 is 9.18 Å². The number of hydrogen-bond acceptors (Lipinski definition) is 2. The van der Waals surface area contributed by atoms with Crippen LogP contribution in [0.5, 0.6) is 0 Å². The average Bonchev–Trinajstić information content (AvgIpc) is 2.54. The number of fused-ring (bicyclic) bond motifs is 1. The summed E-state index contributed by atoms with van der Waals surface area (Å²) in [5.41, 5.74) is 2.20. The van der Waals surface area contributed by atoms with Gasteiger partial charge in [0.05, 0.1) is 5.52 Å². The summed E-state index contributed by atoms with van der Waals surface area (Å²) in [4.78, 5) is 18.2. The van der Waals surface area contributed by atoms with Crippen LogP contribution < -0.4 is 0 Å². The van der Waals surface area contributed by atoms with E-state index in [1.54, 1.807) is 24.2 Å². The van der Waals surface area contributed by atoms with Crippen LogP contribution in [0.4, 0.5) is 4.39 Å². The summed E-state index contributed by atoms with van der Waals surface area (Å²) in [6.45, 7) is 0.424. The van der Waals surface area contributed by atoms with E-state index in [4.69, 9.17) is 0 Å². The fourth-order valence-electron chi connectivity index (χ4n) is 2.39. The Morgan fingerprint density at radius 3 is 2.77 bits per heavy atom. The Morgan fingerprint density at radius 2 is 1.95 bits per heavy atom. The van der Waals surface area contributed by atoms with Crippen molar-refractivity contribution in [3.63, 3.8) is 0 Å². The molecule has 0 aliphatic carbocycles. The maximum absolute atomic E-state index is 13.2. The minimum atomic E-state index is -0.411. The van der Waals surface area contributed by atoms with E-state index in [9.17, 15) is 9.18 Å². The van der Waals surface area contributed by atoms with E-state index in [0.29, 0.717) is 12.1 Å². The van der Waals surface area contributed by atoms with Crippen LogP contribution in [0.1, 0.15) is 15.9 Å². The summed E-state index contributed by atoms with van der Waals surface area (Å²) in [5.74, 6) is -0.626. The van der Waals surface area contributed by atoms with Gasteiger partial charge in [0.1, 0.15) is 5.82 Å². The molecule has 1 heterocycles. The fourth-order valence-corrected chi connectivity index (χ4v) is 2.39. The number of rotatable bonds is 3. The number of nitrogens with zero attached hydrogens (tertiary/aromatic N) is 2. The Bertz CT molecular complexity index is 832. The van der Waals surface area contributed by atoms with Gasteiger partial charge in [-0.1, -0.05) is 24.3 Å². The van der Waals surface area contributed by atoms with Gasteiger partial charge in [0, 0.05) is 30.7 Å². The highest BCUT2D eigenvalue weighted by Gasteiger charge is 2.13. The summed E-state index contributed by atoms with van der Waals surface area (Å²) < 4.78 is 13.2. The quantitative estimate of drug-likeness (QED) is 0.739. The van der Waals surface area contributed by atoms with Gasteiger partial charge in [0.15, 0.2) is 0 Å². The van der Waals surface area contributed by atoms with Crippen LogP contribution >= 0.6 is 0 Å². The maximum Gasteiger partial charge on any atom is 0.253 e. The van der Waals surface area contributed by atoms with Crippen molar-refractivity contribution in [3.05, 3.63) is 77.7 Å². The molecule has 0 N–H and O–H groups in total. The van der Waals surface area contributed by atoms with E-state index in [0.717, 1.165) is 16.5 Å². The van der Waals surface area contributed by atoms with Gasteiger partial charge in [-0.2, -0.15) is 0 Å². The Labute approximate surface area is 128 Å². The molecule has 3 nitrogen and oxygen atoms in total. The third-order valence-electron chi connectivity index (χ3n) is 3.49. The second kappa shape index (κ2) is 5.93. The fraction of sp³-hybridized carbons (Fsp3) is 0.111. The van der Waals surface area contributed by atoms with Gasteiger partial charge in [-0.3, -0.25) is 9.78 Å². The maximum atomic E-state index is 13.2. The predicted octanol–water partition coefficient (Wildman–Crippen LogP) is 3.65. The molecule has 1 aromatic heterocycles. The van der Waals surface area contributed by atoms with Crippen molar-refractivity contribution in [2.24, 2.45) is 0 Å². The van der Waals surface area contributed by atoms with Gasteiger partial charge in [-0.05, 0) is 35.9 Å². The van der Waals surface area contributed by atoms with E-state index < -0.39 is 5.82 Å². The number of halogens is 1. The molecule has 3 rings (SSSR count). The molecule has 3 aromatic rings. The van der Waals surface area contributed by atoms with Crippen molar-refractivity contribution in [1.82, 2.24) is 9.88 Å². The Kier molecular flexibility index (Phi) is 3.83. The zero-order chi connectivity index (χ0) is 15.5. The molecule has 0 radical (unpaired) electrons. The van der Waals surface area contributed by atoms with Crippen LogP contribution in [0.15, 0.2) is 60.8 Å². The zero-order valence-electron chi connectivity index (χ0n) is 12.2. The zero-order valence-corrected chi connectivity index (χ0v) is 12.2. The molecule has 0 spiro atoms. The lowest BCUT2D eigenvalue weighted by molar-refractivity contribution is 0.0784. The molecular formula is C18H15FN2O. The molecule has 110 valence electrons. The number of carbonyl (C=O) groups is 1. The normalized spacial score (nSPS) is 10.6. The molecule has 0 unspecified atom stereocenters. The Balaban J connectivity index is 1.80. The highest BCUT2D eigenvalue weighted by Crippen LogP contribution is 2.15. The number of carbonyl (C=O) groups excluding carboxylic acids is 1. The Morgan fingerprint density at radius 1 is 1.14 bits per heavy atom. The second-order valence-corrected chi connectivity index (χ2v) is 5.21. The summed E-state index contributed by atoms with van der Waals surface area (Å²) in [5, 5.41) is 1.03. The SMILES string of the molecule is CN(Cc1cnc2ccccc2c1)C(=O)c1cccc(F)c1. The van der Waals surface area contributed by atoms with E-state index >= 15 is 0 Å². The van der Waals surface area contributed by atoms with Gasteiger partial charge in [-0.15, -0.1) is 0 Å². The van der Waals surface area contributed by atoms with Gasteiger partial charge in [0.25, 0.3) is 5.91 Å². The third kappa shape index (κ3) is 2.96. The first-order valence-corrected chi connectivity index (χ1v) is 6.98. The summed E-state index contributed by atoms with van der Waals surface area (Å²) in [6, 6.07) is 15.6. The molecule has 4 heteroatoms. The van der Waals surface area contributed by atoms with E-state index in [-0.39, 0.29) is 5.91 Å². The highest BCUT2D eigenvalue weighted by molar-refractivity contribution is 5.94. The van der Waals surface area contributed by atoms with Gasteiger partial charge >= 0.3 is 0 Å². The van der Waals surface area contributed by atoms with Crippen molar-refractivity contribution in [2.45, 2.75) is 6.54 Å². The summed E-state index contributed by atoms with van der Waals surface area (Å²) in [6.07, 6.45) is 1.76. The molecule has 0 saturated carbocycles. The average molecular weight is 294 g/mol. The van der Waals surface area contributed by atoms with Crippen LogP contribution in [0.25, 0.3) is 10.9 Å². The lowest BCUT2D eigenvalue weighted by Crippen LogP contribution is -2.26. The topological polar surface area (TPSA) is 33.2 Å². The number of benzene rings is 2. The van der Waals surface area contributed by atoms with Crippen molar-refractivity contribution in [2.75, 3.05) is 7.05 Å². The monoisotopic (exact) mass is 294 g/mol. The third-order valence-corrected chi connectivity index (χ3v) is 3.49. The van der Waals surface area contributed by atoms with E-state index in [1.165, 1.54) is 18.2 Å². The van der Waals surface area contributed by atoms with E-state index in [2.05, 4.69) is 4.98 Å². The molecule has 0 aliphatic rings. The minimum absolute atomic E-state index is 0.215. The van der Waals surface area contributed by atoms with Crippen molar-refractivity contribution in [1.29, 1.82) is 0 Å². The number of para-hydroxylation sites is 1. The van der Waals surface area contributed by atoms with Crippen LogP contribution in [0, 0.1) is 5.82 Å². The molecule has 1 amide bonds. The van der Waals surface area contributed by atoms with Crippen LogP contribution in [-0.4, -0.2) is 22.8 Å². The summed E-state index contributed by atoms with van der Waals surface area (Å²) >= 11 is 0. The van der Waals surface area contributed by atoms with Gasteiger partial charge in [-0.25, -0.2) is 4.39 Å². The number of hydrogen-bond donors (Lipinski definition) is 0. The van der Waals surface area contributed by atoms with Gasteiger partial charge < -0.3 is 4.90 Å². The largest absolute Gasteiger partial charge is 0.337 e. The number of aromatic nitrogens is 1. The second-order valence-electron chi connectivity index (χ2n) is 5.21. The van der Waals surface area contributed by atoms with Crippen LogP contribution in [-0.2, 0) is 6.54 Å². The number of amides is 1. The Hall–Kier alpha value is -2.75. The molecule has 22 heavy (non-hydrogen) atoms. The molecule has 0 saturated heterocycles. The summed E-state index contributed by atoms with van der Waals surface area (Å²) in [7, 11) is 1.70. The van der Waals surface area contributed by atoms with Crippen molar-refractivity contribution >= 4 is 16.8 Å². The van der Waals surface area contributed by atoms with Crippen LogP contribution in [0.3, 0.4) is 0 Å². The van der Waals surface area contributed by atoms with Crippen LogP contribution in [0.2, 0.25) is 0 Å². The molecule has 0 atom stereocenters. The molecule has 0 aliphatic heterocycles. The first-order valence-electron chi connectivity index (χ1n) is 6.98. The minimum Gasteiger partial charge on any atom is -0.337 e. The first-order chi connectivity index (χ1) is 10.6. The van der Waals surface area contributed by atoms with E-state index in [1.807, 2.05) is 30.3 Å². The van der Waals surface area contributed by atoms with Crippen molar-refractivity contribution in [3.8, 4) is 0 Å². The molecular weight excluding hydrogens is 279 g/mol. The lowest BCUT2D eigenvalue weighted by Gasteiger charge is -2.17. The highest BCUT2D eigenvalue weighted by atomic mass is 19.1. The standard InChI is InChI=1S/C18H15FN2O/c1-21(18(22)15-6-4-7-16(19)10-15)12-13-9-14-5-2-3-8-17(14)20-11-13/h2-11H,12H2,1H3. The molecule has 2 aromatic carbocycles. The van der Waals surface area contributed by atoms with Gasteiger partial charge in [0.2, 0.25) is 0 Å². The lowest BCUT2D eigenvalue weighted by atomic mass is 10.1. The first kappa shape index (κ1) is 14.2.